The topological polar surface area (TPSA) is 46.3 Å². The van der Waals surface area contributed by atoms with Crippen molar-refractivity contribution < 1.29 is 18.0 Å². The van der Waals surface area contributed by atoms with Crippen molar-refractivity contribution in [1.29, 1.82) is 0 Å². The highest BCUT2D eigenvalue weighted by Gasteiger charge is 2.43. The molecule has 3 nitrogen and oxygen atoms in total. The quantitative estimate of drug-likeness (QED) is 0.751. The molecule has 0 spiro atoms. The van der Waals surface area contributed by atoms with Crippen LogP contribution >= 0.6 is 12.2 Å². The molecule has 0 radical (unpaired) electrons. The van der Waals surface area contributed by atoms with E-state index in [-0.39, 0.29) is 5.91 Å². The summed E-state index contributed by atoms with van der Waals surface area (Å²) < 4.78 is 37.3. The zero-order valence-electron chi connectivity index (χ0n) is 7.88. The molecule has 0 aromatic heterocycles. The van der Waals surface area contributed by atoms with E-state index in [0.29, 0.717) is 19.4 Å². The molecule has 1 saturated heterocycles. The standard InChI is InChI=1S/C8H11F3N2OS/c9-8(10,11)5(7(12)15)4-13-3-1-2-6(13)14/h5H,1-4H2,(H2,12,15). The number of alkyl halides is 3. The molecule has 1 amide bonds. The van der Waals surface area contributed by atoms with Gasteiger partial charge in [-0.15, -0.1) is 0 Å². The molecule has 15 heavy (non-hydrogen) atoms. The van der Waals surface area contributed by atoms with Gasteiger partial charge in [-0.1, -0.05) is 12.2 Å². The number of nitrogens with two attached hydrogens (primary N) is 1. The monoisotopic (exact) mass is 240 g/mol. The zero-order valence-corrected chi connectivity index (χ0v) is 8.70. The number of carbonyl (C=O) groups excluding carboxylic acids is 1. The Bertz CT molecular complexity index is 280. The third kappa shape index (κ3) is 3.05. The van der Waals surface area contributed by atoms with Crippen LogP contribution in [0.4, 0.5) is 13.2 Å². The van der Waals surface area contributed by atoms with Gasteiger partial charge in [0, 0.05) is 19.5 Å². The number of thiocarbonyl (C=S) groups is 1. The second-order valence-electron chi connectivity index (χ2n) is 3.44. The van der Waals surface area contributed by atoms with Gasteiger partial charge in [-0.2, -0.15) is 13.2 Å². The Hall–Kier alpha value is -0.850. The second-order valence-corrected chi connectivity index (χ2v) is 3.91. The van der Waals surface area contributed by atoms with Gasteiger partial charge >= 0.3 is 6.18 Å². The normalized spacial score (nSPS) is 19.4. The van der Waals surface area contributed by atoms with E-state index < -0.39 is 23.6 Å². The van der Waals surface area contributed by atoms with Crippen molar-refractivity contribution >= 4 is 23.1 Å². The molecule has 0 aliphatic carbocycles. The summed E-state index contributed by atoms with van der Waals surface area (Å²) in [6, 6.07) is 0. The van der Waals surface area contributed by atoms with Crippen LogP contribution in [0.3, 0.4) is 0 Å². The van der Waals surface area contributed by atoms with Crippen LogP contribution in [0.5, 0.6) is 0 Å². The molecule has 1 aliphatic rings. The molecule has 1 aliphatic heterocycles. The van der Waals surface area contributed by atoms with Gasteiger partial charge < -0.3 is 10.6 Å². The summed E-state index contributed by atoms with van der Waals surface area (Å²) in [6.07, 6.45) is -3.57. The van der Waals surface area contributed by atoms with E-state index in [0.717, 1.165) is 4.90 Å². The molecule has 0 bridgehead atoms. The van der Waals surface area contributed by atoms with Crippen LogP contribution in [0.25, 0.3) is 0 Å². The lowest BCUT2D eigenvalue weighted by Gasteiger charge is -2.24. The smallest absolute Gasteiger partial charge is 0.393 e. The van der Waals surface area contributed by atoms with Crippen LogP contribution in [-0.4, -0.2) is 35.1 Å². The Morgan fingerprint density at radius 2 is 2.20 bits per heavy atom. The molecule has 7 heteroatoms. The Morgan fingerprint density at radius 1 is 1.60 bits per heavy atom. The Balaban J connectivity index is 2.67. The number of hydrogen-bond acceptors (Lipinski definition) is 2. The number of nitrogens with zero attached hydrogens (tertiary/aromatic N) is 1. The lowest BCUT2D eigenvalue weighted by Crippen LogP contribution is -2.43. The Morgan fingerprint density at radius 3 is 2.53 bits per heavy atom. The molecule has 0 saturated carbocycles. The van der Waals surface area contributed by atoms with E-state index in [1.807, 2.05) is 0 Å². The fourth-order valence-corrected chi connectivity index (χ4v) is 1.68. The maximum atomic E-state index is 12.4. The Labute approximate surface area is 90.4 Å². The first-order valence-electron chi connectivity index (χ1n) is 4.46. The SMILES string of the molecule is NC(=S)C(CN1CCCC1=O)C(F)(F)F. The minimum absolute atomic E-state index is 0.263. The molecular formula is C8H11F3N2OS. The van der Waals surface area contributed by atoms with Gasteiger partial charge in [-0.25, -0.2) is 0 Å². The van der Waals surface area contributed by atoms with Gasteiger partial charge in [0.05, 0.1) is 4.99 Å². The van der Waals surface area contributed by atoms with E-state index >= 15 is 0 Å². The first kappa shape index (κ1) is 12.2. The van der Waals surface area contributed by atoms with Crippen molar-refractivity contribution in [2.24, 2.45) is 11.7 Å². The average Bonchev–Trinajstić information content (AvgIpc) is 2.44. The van der Waals surface area contributed by atoms with Crippen LogP contribution in [0.1, 0.15) is 12.8 Å². The van der Waals surface area contributed by atoms with E-state index in [2.05, 4.69) is 12.2 Å². The number of hydrogen-bond donors (Lipinski definition) is 1. The number of amides is 1. The summed E-state index contributed by atoms with van der Waals surface area (Å²) in [7, 11) is 0. The number of carbonyl (C=O) groups is 1. The van der Waals surface area contributed by atoms with Crippen molar-refractivity contribution in [2.75, 3.05) is 13.1 Å². The van der Waals surface area contributed by atoms with Crippen LogP contribution < -0.4 is 5.73 Å². The third-order valence-corrected chi connectivity index (χ3v) is 2.60. The predicted molar refractivity (Wildman–Crippen MR) is 52.1 cm³/mol. The fourth-order valence-electron chi connectivity index (χ4n) is 1.47. The summed E-state index contributed by atoms with van der Waals surface area (Å²) >= 11 is 4.36. The molecule has 1 heterocycles. The van der Waals surface area contributed by atoms with Gasteiger partial charge in [0.1, 0.15) is 5.92 Å². The molecular weight excluding hydrogens is 229 g/mol. The molecule has 0 aromatic rings. The molecule has 1 rings (SSSR count). The molecule has 86 valence electrons. The third-order valence-electron chi connectivity index (χ3n) is 2.31. The van der Waals surface area contributed by atoms with Crippen molar-refractivity contribution in [3.8, 4) is 0 Å². The number of likely N-dealkylation sites (tertiary alicyclic amines) is 1. The van der Waals surface area contributed by atoms with Crippen LogP contribution in [0.15, 0.2) is 0 Å². The Kier molecular flexibility index (Phi) is 3.54. The highest BCUT2D eigenvalue weighted by Crippen LogP contribution is 2.28. The number of halogens is 3. The highest BCUT2D eigenvalue weighted by molar-refractivity contribution is 7.80. The van der Waals surface area contributed by atoms with Crippen molar-refractivity contribution in [1.82, 2.24) is 4.90 Å². The first-order valence-corrected chi connectivity index (χ1v) is 4.87. The predicted octanol–water partition coefficient (Wildman–Crippen LogP) is 1.07. The molecule has 2 N–H and O–H groups in total. The molecule has 1 unspecified atom stereocenters. The number of rotatable bonds is 3. The van der Waals surface area contributed by atoms with Crippen LogP contribution in [0.2, 0.25) is 0 Å². The van der Waals surface area contributed by atoms with Gasteiger partial charge in [0.2, 0.25) is 5.91 Å². The van der Waals surface area contributed by atoms with E-state index in [1.165, 1.54) is 0 Å². The lowest BCUT2D eigenvalue weighted by molar-refractivity contribution is -0.160. The summed E-state index contributed by atoms with van der Waals surface area (Å²) in [5.41, 5.74) is 5.02. The van der Waals surface area contributed by atoms with Crippen molar-refractivity contribution in [3.63, 3.8) is 0 Å². The van der Waals surface area contributed by atoms with Gasteiger partial charge in [-0.3, -0.25) is 4.79 Å². The molecule has 0 aromatic carbocycles. The molecule has 1 fully saturated rings. The zero-order chi connectivity index (χ0) is 11.6. The van der Waals surface area contributed by atoms with E-state index in [4.69, 9.17) is 5.73 Å². The first-order chi connectivity index (χ1) is 6.82. The van der Waals surface area contributed by atoms with Crippen LogP contribution in [0, 0.1) is 5.92 Å². The highest BCUT2D eigenvalue weighted by atomic mass is 32.1. The van der Waals surface area contributed by atoms with Crippen molar-refractivity contribution in [3.05, 3.63) is 0 Å². The lowest BCUT2D eigenvalue weighted by atomic mass is 10.1. The van der Waals surface area contributed by atoms with Gasteiger partial charge in [0.25, 0.3) is 0 Å². The summed E-state index contributed by atoms with van der Waals surface area (Å²) in [5, 5.41) is 0. The summed E-state index contributed by atoms with van der Waals surface area (Å²) in [5.74, 6) is -2.16. The molecule has 1 atom stereocenters. The largest absolute Gasteiger partial charge is 0.399 e. The van der Waals surface area contributed by atoms with E-state index in [1.54, 1.807) is 0 Å². The average molecular weight is 240 g/mol. The summed E-state index contributed by atoms with van der Waals surface area (Å²) in [4.78, 5) is 11.7. The fraction of sp³-hybridized carbons (Fsp3) is 0.750. The minimum Gasteiger partial charge on any atom is -0.393 e. The second kappa shape index (κ2) is 4.34. The maximum Gasteiger partial charge on any atom is 0.399 e. The van der Waals surface area contributed by atoms with Crippen LogP contribution in [-0.2, 0) is 4.79 Å². The van der Waals surface area contributed by atoms with Gasteiger partial charge in [-0.05, 0) is 6.42 Å². The van der Waals surface area contributed by atoms with Gasteiger partial charge in [0.15, 0.2) is 0 Å². The minimum atomic E-state index is -4.48. The summed E-state index contributed by atoms with van der Waals surface area (Å²) in [6.45, 7) is -0.0916. The van der Waals surface area contributed by atoms with E-state index in [9.17, 15) is 18.0 Å². The maximum absolute atomic E-state index is 12.4. The van der Waals surface area contributed by atoms with Crippen molar-refractivity contribution in [2.45, 2.75) is 19.0 Å².